The molecule has 1 atom stereocenters. The highest BCUT2D eigenvalue weighted by Crippen LogP contribution is 2.16. The summed E-state index contributed by atoms with van der Waals surface area (Å²) in [6, 6.07) is 3.55. The third-order valence-electron chi connectivity index (χ3n) is 3.20. The molecule has 1 aliphatic heterocycles. The van der Waals surface area contributed by atoms with Gasteiger partial charge in [0.15, 0.2) is 0 Å². The van der Waals surface area contributed by atoms with Crippen molar-refractivity contribution < 1.29 is 9.59 Å². The SMILES string of the molecule is Cc1ncccc1C(=O)N1CCC(=O)C(C)C1. The molecule has 1 aromatic rings. The molecule has 1 amide bonds. The highest BCUT2D eigenvalue weighted by Gasteiger charge is 2.27. The number of amides is 1. The van der Waals surface area contributed by atoms with Gasteiger partial charge in [0.25, 0.3) is 5.91 Å². The number of rotatable bonds is 1. The molecular weight excluding hydrogens is 216 g/mol. The van der Waals surface area contributed by atoms with Crippen molar-refractivity contribution in [2.24, 2.45) is 5.92 Å². The summed E-state index contributed by atoms with van der Waals surface area (Å²) in [6.45, 7) is 4.74. The lowest BCUT2D eigenvalue weighted by molar-refractivity contribution is -0.124. The Bertz CT molecular complexity index is 456. The van der Waals surface area contributed by atoms with E-state index in [-0.39, 0.29) is 17.6 Å². The van der Waals surface area contributed by atoms with Crippen LogP contribution in [0.4, 0.5) is 0 Å². The predicted molar refractivity (Wildman–Crippen MR) is 63.7 cm³/mol. The van der Waals surface area contributed by atoms with E-state index < -0.39 is 0 Å². The monoisotopic (exact) mass is 232 g/mol. The average molecular weight is 232 g/mol. The third-order valence-corrected chi connectivity index (χ3v) is 3.20. The molecule has 0 N–H and O–H groups in total. The standard InChI is InChI=1S/C13H16N2O2/c1-9-8-15(7-5-12(9)16)13(17)11-4-3-6-14-10(11)2/h3-4,6,9H,5,7-8H2,1-2H3. The van der Waals surface area contributed by atoms with E-state index in [9.17, 15) is 9.59 Å². The van der Waals surface area contributed by atoms with Crippen LogP contribution in [0.5, 0.6) is 0 Å². The van der Waals surface area contributed by atoms with Crippen LogP contribution in [0.25, 0.3) is 0 Å². The summed E-state index contributed by atoms with van der Waals surface area (Å²) in [5.74, 6) is 0.177. The summed E-state index contributed by atoms with van der Waals surface area (Å²) >= 11 is 0. The number of hydrogen-bond donors (Lipinski definition) is 0. The van der Waals surface area contributed by atoms with Crippen LogP contribution in [-0.4, -0.2) is 34.7 Å². The van der Waals surface area contributed by atoms with Crippen molar-refractivity contribution in [3.05, 3.63) is 29.6 Å². The minimum absolute atomic E-state index is 0.0186. The fraction of sp³-hybridized carbons (Fsp3) is 0.462. The first-order valence-corrected chi connectivity index (χ1v) is 5.83. The fourth-order valence-corrected chi connectivity index (χ4v) is 2.08. The van der Waals surface area contributed by atoms with Gasteiger partial charge in [0.1, 0.15) is 5.78 Å². The first kappa shape index (κ1) is 11.8. The van der Waals surface area contributed by atoms with Crippen LogP contribution in [0.1, 0.15) is 29.4 Å². The minimum Gasteiger partial charge on any atom is -0.337 e. The largest absolute Gasteiger partial charge is 0.337 e. The lowest BCUT2D eigenvalue weighted by Crippen LogP contribution is -2.43. The Labute approximate surface area is 101 Å². The summed E-state index contributed by atoms with van der Waals surface area (Å²) in [5.41, 5.74) is 1.37. The van der Waals surface area contributed by atoms with E-state index in [0.29, 0.717) is 25.1 Å². The topological polar surface area (TPSA) is 50.3 Å². The molecule has 0 saturated carbocycles. The smallest absolute Gasteiger partial charge is 0.255 e. The zero-order valence-corrected chi connectivity index (χ0v) is 10.1. The quantitative estimate of drug-likeness (QED) is 0.736. The van der Waals surface area contributed by atoms with E-state index in [0.717, 1.165) is 5.69 Å². The molecule has 0 radical (unpaired) electrons. The first-order valence-electron chi connectivity index (χ1n) is 5.83. The molecule has 90 valence electrons. The number of aromatic nitrogens is 1. The highest BCUT2D eigenvalue weighted by molar-refractivity contribution is 5.96. The second-order valence-corrected chi connectivity index (χ2v) is 4.50. The Morgan fingerprint density at radius 1 is 1.53 bits per heavy atom. The maximum atomic E-state index is 12.2. The molecule has 1 saturated heterocycles. The van der Waals surface area contributed by atoms with E-state index in [4.69, 9.17) is 0 Å². The summed E-state index contributed by atoms with van der Waals surface area (Å²) in [7, 11) is 0. The van der Waals surface area contributed by atoms with E-state index in [1.807, 2.05) is 13.8 Å². The Kier molecular flexibility index (Phi) is 3.22. The van der Waals surface area contributed by atoms with Crippen LogP contribution in [0.2, 0.25) is 0 Å². The van der Waals surface area contributed by atoms with E-state index >= 15 is 0 Å². The number of likely N-dealkylation sites (tertiary alicyclic amines) is 1. The second kappa shape index (κ2) is 4.65. The van der Waals surface area contributed by atoms with Gasteiger partial charge in [0.05, 0.1) is 5.56 Å². The van der Waals surface area contributed by atoms with Gasteiger partial charge in [-0.05, 0) is 19.1 Å². The van der Waals surface area contributed by atoms with Crippen LogP contribution < -0.4 is 0 Å². The van der Waals surface area contributed by atoms with Gasteiger partial charge in [-0.25, -0.2) is 0 Å². The molecule has 1 aliphatic rings. The molecule has 0 spiro atoms. The molecule has 1 aromatic heterocycles. The van der Waals surface area contributed by atoms with Gasteiger partial charge in [0, 0.05) is 37.3 Å². The second-order valence-electron chi connectivity index (χ2n) is 4.50. The van der Waals surface area contributed by atoms with E-state index in [1.54, 1.807) is 23.2 Å². The highest BCUT2D eigenvalue weighted by atomic mass is 16.2. The summed E-state index contributed by atoms with van der Waals surface area (Å²) < 4.78 is 0. The zero-order valence-electron chi connectivity index (χ0n) is 10.1. The van der Waals surface area contributed by atoms with Crippen LogP contribution in [0.3, 0.4) is 0 Å². The maximum Gasteiger partial charge on any atom is 0.255 e. The Hall–Kier alpha value is -1.71. The Morgan fingerprint density at radius 2 is 2.29 bits per heavy atom. The normalized spacial score (nSPS) is 20.5. The van der Waals surface area contributed by atoms with E-state index in [1.165, 1.54) is 0 Å². The lowest BCUT2D eigenvalue weighted by Gasteiger charge is -2.30. The van der Waals surface area contributed by atoms with E-state index in [2.05, 4.69) is 4.98 Å². The van der Waals surface area contributed by atoms with Crippen molar-refractivity contribution in [3.8, 4) is 0 Å². The molecule has 17 heavy (non-hydrogen) atoms. The molecule has 4 nitrogen and oxygen atoms in total. The Balaban J connectivity index is 2.16. The van der Waals surface area contributed by atoms with Crippen molar-refractivity contribution >= 4 is 11.7 Å². The Morgan fingerprint density at radius 3 is 2.94 bits per heavy atom. The molecule has 0 bridgehead atoms. The predicted octanol–water partition coefficient (Wildman–Crippen LogP) is 1.44. The minimum atomic E-state index is -0.0512. The summed E-state index contributed by atoms with van der Waals surface area (Å²) in [6.07, 6.45) is 2.14. The molecule has 2 heterocycles. The number of piperidine rings is 1. The van der Waals surface area contributed by atoms with Crippen molar-refractivity contribution in [1.29, 1.82) is 0 Å². The van der Waals surface area contributed by atoms with Crippen LogP contribution in [0, 0.1) is 12.8 Å². The number of ketones is 1. The number of carbonyl (C=O) groups is 2. The molecular formula is C13H16N2O2. The van der Waals surface area contributed by atoms with Gasteiger partial charge in [-0.3, -0.25) is 14.6 Å². The van der Waals surface area contributed by atoms with Gasteiger partial charge in [0.2, 0.25) is 0 Å². The molecule has 1 unspecified atom stereocenters. The lowest BCUT2D eigenvalue weighted by atomic mass is 9.98. The third kappa shape index (κ3) is 2.35. The first-order chi connectivity index (χ1) is 8.09. The number of aryl methyl sites for hydroxylation is 1. The summed E-state index contributed by atoms with van der Waals surface area (Å²) in [5, 5.41) is 0. The van der Waals surface area contributed by atoms with Crippen molar-refractivity contribution in [2.75, 3.05) is 13.1 Å². The molecule has 0 aromatic carbocycles. The zero-order chi connectivity index (χ0) is 12.4. The van der Waals surface area contributed by atoms with Gasteiger partial charge in [-0.2, -0.15) is 0 Å². The fourth-order valence-electron chi connectivity index (χ4n) is 2.08. The van der Waals surface area contributed by atoms with Crippen LogP contribution in [0.15, 0.2) is 18.3 Å². The van der Waals surface area contributed by atoms with Crippen LogP contribution in [-0.2, 0) is 4.79 Å². The van der Waals surface area contributed by atoms with Crippen LogP contribution >= 0.6 is 0 Å². The number of hydrogen-bond acceptors (Lipinski definition) is 3. The summed E-state index contributed by atoms with van der Waals surface area (Å²) in [4.78, 5) is 29.5. The number of pyridine rings is 1. The van der Waals surface area contributed by atoms with Crippen molar-refractivity contribution in [2.45, 2.75) is 20.3 Å². The molecule has 1 fully saturated rings. The number of Topliss-reactive ketones (excluding diaryl/α,β-unsaturated/α-hetero) is 1. The van der Waals surface area contributed by atoms with Gasteiger partial charge >= 0.3 is 0 Å². The molecule has 0 aliphatic carbocycles. The van der Waals surface area contributed by atoms with Crippen molar-refractivity contribution in [3.63, 3.8) is 0 Å². The maximum absolute atomic E-state index is 12.2. The number of carbonyl (C=O) groups excluding carboxylic acids is 2. The van der Waals surface area contributed by atoms with Crippen molar-refractivity contribution in [1.82, 2.24) is 9.88 Å². The van der Waals surface area contributed by atoms with Gasteiger partial charge < -0.3 is 4.90 Å². The number of nitrogens with zero attached hydrogens (tertiary/aromatic N) is 2. The van der Waals surface area contributed by atoms with Gasteiger partial charge in [-0.15, -0.1) is 0 Å². The average Bonchev–Trinajstić information content (AvgIpc) is 2.32. The molecule has 4 heteroatoms. The molecule has 2 rings (SSSR count). The van der Waals surface area contributed by atoms with Gasteiger partial charge in [-0.1, -0.05) is 6.92 Å².